The van der Waals surface area contributed by atoms with Gasteiger partial charge in [-0.2, -0.15) is 10.1 Å². The van der Waals surface area contributed by atoms with Crippen LogP contribution in [0.4, 0.5) is 0 Å². The molecule has 1 atom stereocenters. The highest BCUT2D eigenvalue weighted by Gasteiger charge is 2.39. The fourth-order valence-electron chi connectivity index (χ4n) is 2.84. The first kappa shape index (κ1) is 20.8. The van der Waals surface area contributed by atoms with Crippen LogP contribution in [0.1, 0.15) is 30.0 Å². The van der Waals surface area contributed by atoms with Gasteiger partial charge in [0.15, 0.2) is 5.17 Å². The molecule has 1 N–H and O–H groups in total. The number of hydrogen-bond acceptors (Lipinski definition) is 5. The summed E-state index contributed by atoms with van der Waals surface area (Å²) in [5.74, 6) is -0.400. The van der Waals surface area contributed by atoms with Crippen LogP contribution in [-0.2, 0) is 22.6 Å². The van der Waals surface area contributed by atoms with Gasteiger partial charge in [-0.3, -0.25) is 14.6 Å². The van der Waals surface area contributed by atoms with Crippen LogP contribution in [0, 0.1) is 0 Å². The van der Waals surface area contributed by atoms with Crippen LogP contribution in [0.5, 0.6) is 0 Å². The van der Waals surface area contributed by atoms with Gasteiger partial charge in [-0.1, -0.05) is 73.3 Å². The highest BCUT2D eigenvalue weighted by atomic mass is 32.2. The minimum Gasteiger partial charge on any atom is -0.352 e. The first-order chi connectivity index (χ1) is 14.1. The first-order valence-corrected chi connectivity index (χ1v) is 10.4. The van der Waals surface area contributed by atoms with Gasteiger partial charge in [-0.05, 0) is 23.1 Å². The minimum atomic E-state index is -0.524. The summed E-state index contributed by atoms with van der Waals surface area (Å²) in [6, 6.07) is 17.7. The average Bonchev–Trinajstić information content (AvgIpc) is 3.06. The Morgan fingerprint density at radius 3 is 2.52 bits per heavy atom. The van der Waals surface area contributed by atoms with Gasteiger partial charge in [0.05, 0.1) is 6.21 Å². The van der Waals surface area contributed by atoms with Crippen LogP contribution in [0.15, 0.2) is 64.7 Å². The van der Waals surface area contributed by atoms with E-state index >= 15 is 0 Å². The van der Waals surface area contributed by atoms with Gasteiger partial charge >= 0.3 is 0 Å². The maximum absolute atomic E-state index is 12.7. The van der Waals surface area contributed by atoms with Gasteiger partial charge in [-0.15, -0.1) is 0 Å². The quantitative estimate of drug-likeness (QED) is 0.715. The van der Waals surface area contributed by atoms with Crippen LogP contribution in [-0.4, -0.2) is 40.5 Å². The lowest BCUT2D eigenvalue weighted by atomic mass is 10.1. The minimum absolute atomic E-state index is 0.0899. The third-order valence-electron chi connectivity index (χ3n) is 4.52. The van der Waals surface area contributed by atoms with E-state index < -0.39 is 5.25 Å². The van der Waals surface area contributed by atoms with E-state index in [0.717, 1.165) is 17.5 Å². The number of amides is 2. The van der Waals surface area contributed by atoms with Crippen molar-refractivity contribution in [2.24, 2.45) is 10.1 Å². The maximum Gasteiger partial charge on any atom is 0.263 e. The summed E-state index contributed by atoms with van der Waals surface area (Å²) < 4.78 is 0. The number of amidine groups is 1. The largest absolute Gasteiger partial charge is 0.352 e. The molecule has 150 valence electrons. The first-order valence-electron chi connectivity index (χ1n) is 9.51. The Kier molecular flexibility index (Phi) is 7.19. The summed E-state index contributed by atoms with van der Waals surface area (Å²) in [4.78, 5) is 29.2. The predicted molar refractivity (Wildman–Crippen MR) is 118 cm³/mol. The SMILES string of the molecule is CCc1ccc(/C=N\N2C(=O)[C@@H](CC(=O)NCc3ccccc3)SC2=NC)cc1. The number of nitrogens with one attached hydrogen (secondary N) is 1. The van der Waals surface area contributed by atoms with Crippen LogP contribution in [0.25, 0.3) is 0 Å². The number of aliphatic imine (C=N–C) groups is 1. The van der Waals surface area contributed by atoms with E-state index in [-0.39, 0.29) is 18.2 Å². The normalized spacial score (nSPS) is 18.0. The van der Waals surface area contributed by atoms with Crippen molar-refractivity contribution in [3.63, 3.8) is 0 Å². The number of aryl methyl sites for hydroxylation is 1. The van der Waals surface area contributed by atoms with Crippen molar-refractivity contribution in [2.45, 2.75) is 31.6 Å². The number of rotatable bonds is 7. The van der Waals surface area contributed by atoms with Crippen molar-refractivity contribution in [1.29, 1.82) is 0 Å². The zero-order valence-corrected chi connectivity index (χ0v) is 17.4. The lowest BCUT2D eigenvalue weighted by molar-refractivity contribution is -0.129. The van der Waals surface area contributed by atoms with E-state index in [1.165, 1.54) is 22.3 Å². The van der Waals surface area contributed by atoms with E-state index in [1.807, 2.05) is 54.6 Å². The number of carbonyl (C=O) groups excluding carboxylic acids is 2. The van der Waals surface area contributed by atoms with Crippen LogP contribution in [0.2, 0.25) is 0 Å². The molecule has 1 aliphatic rings. The second-order valence-corrected chi connectivity index (χ2v) is 7.74. The van der Waals surface area contributed by atoms with E-state index in [9.17, 15) is 9.59 Å². The smallest absolute Gasteiger partial charge is 0.263 e. The summed E-state index contributed by atoms with van der Waals surface area (Å²) in [6.07, 6.45) is 2.70. The van der Waals surface area contributed by atoms with Crippen molar-refractivity contribution in [1.82, 2.24) is 10.3 Å². The van der Waals surface area contributed by atoms with Gasteiger partial charge in [0.25, 0.3) is 5.91 Å². The fourth-order valence-corrected chi connectivity index (χ4v) is 3.87. The Morgan fingerprint density at radius 1 is 1.14 bits per heavy atom. The van der Waals surface area contributed by atoms with Crippen molar-refractivity contribution < 1.29 is 9.59 Å². The predicted octanol–water partition coefficient (Wildman–Crippen LogP) is 3.22. The molecule has 0 unspecified atom stereocenters. The molecule has 1 heterocycles. The molecule has 2 aromatic carbocycles. The summed E-state index contributed by atoms with van der Waals surface area (Å²) in [6.45, 7) is 2.54. The standard InChI is InChI=1S/C22H24N4O2S/c1-3-16-9-11-18(12-10-16)15-25-26-21(28)19(29-22(26)23-2)13-20(27)24-14-17-7-5-4-6-8-17/h4-12,15,19H,3,13-14H2,1-2H3,(H,24,27)/b23-22?,25-15-/t19-/m1/s1. The van der Waals surface area contributed by atoms with E-state index in [4.69, 9.17) is 0 Å². The van der Waals surface area contributed by atoms with Crippen molar-refractivity contribution in [2.75, 3.05) is 7.05 Å². The van der Waals surface area contributed by atoms with Crippen molar-refractivity contribution >= 4 is 35.0 Å². The summed E-state index contributed by atoms with van der Waals surface area (Å²) in [5.41, 5.74) is 3.16. The number of nitrogens with zero attached hydrogens (tertiary/aromatic N) is 3. The maximum atomic E-state index is 12.7. The highest BCUT2D eigenvalue weighted by Crippen LogP contribution is 2.29. The second kappa shape index (κ2) is 10.0. The third kappa shape index (κ3) is 5.54. The van der Waals surface area contributed by atoms with Gasteiger partial charge in [0.1, 0.15) is 5.25 Å². The summed E-state index contributed by atoms with van der Waals surface area (Å²) in [5, 5.41) is 8.43. The lowest BCUT2D eigenvalue weighted by Gasteiger charge is -2.10. The fraction of sp³-hybridized carbons (Fsp3) is 0.273. The molecule has 0 aromatic heterocycles. The summed E-state index contributed by atoms with van der Waals surface area (Å²) in [7, 11) is 1.62. The molecule has 2 amide bonds. The molecule has 0 aliphatic carbocycles. The zero-order valence-electron chi connectivity index (χ0n) is 16.5. The molecular formula is C22H24N4O2S. The third-order valence-corrected chi connectivity index (χ3v) is 5.74. The Balaban J connectivity index is 1.59. The monoisotopic (exact) mass is 408 g/mol. The number of benzene rings is 2. The number of hydrogen-bond donors (Lipinski definition) is 1. The van der Waals surface area contributed by atoms with E-state index in [0.29, 0.717) is 11.7 Å². The zero-order chi connectivity index (χ0) is 20.6. The second-order valence-electron chi connectivity index (χ2n) is 6.57. The lowest BCUT2D eigenvalue weighted by Crippen LogP contribution is -2.32. The molecule has 6 nitrogen and oxygen atoms in total. The molecule has 1 saturated heterocycles. The van der Waals surface area contributed by atoms with E-state index in [2.05, 4.69) is 22.3 Å². The van der Waals surface area contributed by atoms with Crippen molar-refractivity contribution in [3.8, 4) is 0 Å². The Labute approximate surface area is 175 Å². The molecule has 0 saturated carbocycles. The van der Waals surface area contributed by atoms with E-state index in [1.54, 1.807) is 13.3 Å². The molecule has 3 rings (SSSR count). The van der Waals surface area contributed by atoms with Crippen LogP contribution >= 0.6 is 11.8 Å². The average molecular weight is 409 g/mol. The summed E-state index contributed by atoms with van der Waals surface area (Å²) >= 11 is 1.27. The molecule has 1 fully saturated rings. The Bertz CT molecular complexity index is 910. The number of carbonyl (C=O) groups is 2. The molecule has 0 spiro atoms. The molecule has 7 heteroatoms. The number of hydrazone groups is 1. The highest BCUT2D eigenvalue weighted by molar-refractivity contribution is 8.15. The van der Waals surface area contributed by atoms with Gasteiger partial charge < -0.3 is 5.32 Å². The van der Waals surface area contributed by atoms with Crippen molar-refractivity contribution in [3.05, 3.63) is 71.3 Å². The molecule has 29 heavy (non-hydrogen) atoms. The number of thioether (sulfide) groups is 1. The Hall–Kier alpha value is -2.93. The van der Waals surface area contributed by atoms with Crippen LogP contribution < -0.4 is 5.32 Å². The molecule has 0 bridgehead atoms. The van der Waals surface area contributed by atoms with Gasteiger partial charge in [0.2, 0.25) is 5.91 Å². The molecule has 0 radical (unpaired) electrons. The topological polar surface area (TPSA) is 74.1 Å². The molecule has 1 aliphatic heterocycles. The molecular weight excluding hydrogens is 384 g/mol. The van der Waals surface area contributed by atoms with Crippen LogP contribution in [0.3, 0.4) is 0 Å². The molecule has 2 aromatic rings. The van der Waals surface area contributed by atoms with Gasteiger partial charge in [-0.25, -0.2) is 0 Å². The Morgan fingerprint density at radius 2 is 1.86 bits per heavy atom. The van der Waals surface area contributed by atoms with Gasteiger partial charge in [0, 0.05) is 20.0 Å².